The van der Waals surface area contributed by atoms with E-state index < -0.39 is 21.3 Å². The molecule has 1 aliphatic rings. The van der Waals surface area contributed by atoms with Crippen molar-refractivity contribution in [3.63, 3.8) is 0 Å². The van der Waals surface area contributed by atoms with Gasteiger partial charge in [-0.1, -0.05) is 23.7 Å². The van der Waals surface area contributed by atoms with Gasteiger partial charge in [0.05, 0.1) is 31.4 Å². The highest BCUT2D eigenvalue weighted by molar-refractivity contribution is 7.85. The molecule has 1 fully saturated rings. The Morgan fingerprint density at radius 3 is 2.21 bits per heavy atom. The predicted octanol–water partition coefficient (Wildman–Crippen LogP) is 3.48. The van der Waals surface area contributed by atoms with Crippen LogP contribution >= 0.6 is 11.6 Å². The lowest BCUT2D eigenvalue weighted by atomic mass is 9.76. The number of amides is 1. The summed E-state index contributed by atoms with van der Waals surface area (Å²) in [5.41, 5.74) is 0.861. The Kier molecular flexibility index (Phi) is 7.76. The van der Waals surface area contributed by atoms with Crippen LogP contribution in [0.25, 0.3) is 0 Å². The third-order valence-electron chi connectivity index (χ3n) is 6.06. The minimum atomic E-state index is -4.32. The van der Waals surface area contributed by atoms with Crippen LogP contribution in [-0.4, -0.2) is 63.9 Å². The molecule has 33 heavy (non-hydrogen) atoms. The van der Waals surface area contributed by atoms with Crippen LogP contribution in [0, 0.1) is 0 Å². The van der Waals surface area contributed by atoms with E-state index in [2.05, 4.69) is 0 Å². The minimum Gasteiger partial charge on any atom is -0.748 e. The summed E-state index contributed by atoms with van der Waals surface area (Å²) in [5, 5.41) is 0.583. The first-order valence-corrected chi connectivity index (χ1v) is 12.4. The van der Waals surface area contributed by atoms with Gasteiger partial charge in [-0.15, -0.1) is 0 Å². The van der Waals surface area contributed by atoms with Crippen molar-refractivity contribution in [1.82, 2.24) is 4.90 Å². The normalized spacial score (nSPS) is 18.3. The van der Waals surface area contributed by atoms with Crippen molar-refractivity contribution in [2.24, 2.45) is 0 Å². The van der Waals surface area contributed by atoms with Crippen molar-refractivity contribution in [1.29, 1.82) is 0 Å². The number of nitrogens with zero attached hydrogens (tertiary/aromatic N) is 1. The molecule has 0 radical (unpaired) electrons. The van der Waals surface area contributed by atoms with E-state index in [1.807, 2.05) is 12.1 Å². The lowest BCUT2D eigenvalue weighted by molar-refractivity contribution is 0.0781. The Hall–Kier alpha value is -2.49. The van der Waals surface area contributed by atoms with Gasteiger partial charge in [0.1, 0.15) is 0 Å². The van der Waals surface area contributed by atoms with Gasteiger partial charge in [0, 0.05) is 34.8 Å². The second-order valence-electron chi connectivity index (χ2n) is 8.04. The number of benzene rings is 2. The molecule has 8 nitrogen and oxygen atoms in total. The van der Waals surface area contributed by atoms with Crippen LogP contribution in [0.15, 0.2) is 36.4 Å². The fraction of sp³-hybridized carbons (Fsp3) is 0.435. The van der Waals surface area contributed by atoms with Crippen molar-refractivity contribution < 1.29 is 32.0 Å². The lowest BCUT2D eigenvalue weighted by Gasteiger charge is -2.30. The summed E-state index contributed by atoms with van der Waals surface area (Å²) in [6, 6.07) is 10.5. The smallest absolute Gasteiger partial charge is 0.254 e. The molecule has 0 saturated carbocycles. The van der Waals surface area contributed by atoms with Gasteiger partial charge in [-0.2, -0.15) is 0 Å². The molecular formula is C23H27ClNO7S-. The van der Waals surface area contributed by atoms with E-state index in [1.165, 1.54) is 21.3 Å². The molecule has 0 bridgehead atoms. The fourth-order valence-corrected chi connectivity index (χ4v) is 5.03. The van der Waals surface area contributed by atoms with Crippen LogP contribution in [0.5, 0.6) is 17.2 Å². The molecular weight excluding hydrogens is 470 g/mol. The van der Waals surface area contributed by atoms with Gasteiger partial charge in [0.25, 0.3) is 5.91 Å². The van der Waals surface area contributed by atoms with E-state index in [0.717, 1.165) is 5.56 Å². The molecule has 3 rings (SSSR count). The first-order valence-electron chi connectivity index (χ1n) is 10.4. The van der Waals surface area contributed by atoms with Crippen molar-refractivity contribution in [2.45, 2.75) is 24.7 Å². The van der Waals surface area contributed by atoms with Crippen LogP contribution in [0.2, 0.25) is 5.02 Å². The molecule has 1 atom stereocenters. The second-order valence-corrected chi connectivity index (χ2v) is 10.0. The van der Waals surface area contributed by atoms with E-state index in [9.17, 15) is 17.8 Å². The molecule has 1 unspecified atom stereocenters. The first kappa shape index (κ1) is 25.1. The Balaban J connectivity index is 1.90. The van der Waals surface area contributed by atoms with E-state index in [-0.39, 0.29) is 12.3 Å². The van der Waals surface area contributed by atoms with Crippen LogP contribution in [-0.2, 0) is 15.5 Å². The van der Waals surface area contributed by atoms with Crippen LogP contribution < -0.4 is 14.2 Å². The monoisotopic (exact) mass is 496 g/mol. The highest BCUT2D eigenvalue weighted by Crippen LogP contribution is 2.42. The number of rotatable bonds is 9. The van der Waals surface area contributed by atoms with E-state index in [0.29, 0.717) is 53.8 Å². The molecule has 0 N–H and O–H groups in total. The highest BCUT2D eigenvalue weighted by Gasteiger charge is 2.41. The number of carbonyl (C=O) groups is 1. The van der Waals surface area contributed by atoms with Crippen molar-refractivity contribution in [2.75, 3.05) is 40.2 Å². The summed E-state index contributed by atoms with van der Waals surface area (Å²) in [7, 11) is 0.140. The molecule has 1 heterocycles. The summed E-state index contributed by atoms with van der Waals surface area (Å²) >= 11 is 6.05. The van der Waals surface area contributed by atoms with E-state index >= 15 is 0 Å². The van der Waals surface area contributed by atoms with Gasteiger partial charge in [0.2, 0.25) is 5.75 Å². The Morgan fingerprint density at radius 1 is 1.09 bits per heavy atom. The average Bonchev–Trinajstić information content (AvgIpc) is 3.22. The zero-order valence-electron chi connectivity index (χ0n) is 18.8. The molecule has 0 aliphatic carbocycles. The lowest BCUT2D eigenvalue weighted by Crippen LogP contribution is -2.35. The minimum absolute atomic E-state index is 0.207. The number of methoxy groups -OCH3 is 3. The van der Waals surface area contributed by atoms with Gasteiger partial charge >= 0.3 is 0 Å². The van der Waals surface area contributed by atoms with Crippen molar-refractivity contribution in [3.8, 4) is 17.2 Å². The maximum atomic E-state index is 13.4. The summed E-state index contributed by atoms with van der Waals surface area (Å²) < 4.78 is 49.5. The topological polar surface area (TPSA) is 105 Å². The molecule has 0 aromatic heterocycles. The molecule has 10 heteroatoms. The number of hydrogen-bond donors (Lipinski definition) is 0. The summed E-state index contributed by atoms with van der Waals surface area (Å²) in [6.45, 7) is 0.852. The van der Waals surface area contributed by atoms with Crippen LogP contribution in [0.1, 0.15) is 35.2 Å². The first-order chi connectivity index (χ1) is 15.6. The second kappa shape index (κ2) is 10.2. The van der Waals surface area contributed by atoms with E-state index in [4.69, 9.17) is 25.8 Å². The number of ether oxygens (including phenoxy) is 3. The zero-order chi connectivity index (χ0) is 24.2. The molecule has 1 amide bonds. The molecule has 2 aromatic carbocycles. The van der Waals surface area contributed by atoms with Crippen molar-refractivity contribution in [3.05, 3.63) is 52.5 Å². The van der Waals surface area contributed by atoms with E-state index in [1.54, 1.807) is 29.2 Å². The van der Waals surface area contributed by atoms with Gasteiger partial charge in [-0.05, 0) is 49.1 Å². The van der Waals surface area contributed by atoms with Gasteiger partial charge < -0.3 is 23.7 Å². The molecule has 1 aliphatic heterocycles. The maximum absolute atomic E-state index is 13.4. The molecule has 1 saturated heterocycles. The average molecular weight is 497 g/mol. The fourth-order valence-electron chi connectivity index (χ4n) is 4.41. The quantitative estimate of drug-likeness (QED) is 0.489. The third-order valence-corrected chi connectivity index (χ3v) is 7.10. The predicted molar refractivity (Wildman–Crippen MR) is 124 cm³/mol. The number of halogens is 1. The summed E-state index contributed by atoms with van der Waals surface area (Å²) in [4.78, 5) is 15.1. The summed E-state index contributed by atoms with van der Waals surface area (Å²) in [6.07, 6.45) is 1.29. The van der Waals surface area contributed by atoms with Gasteiger partial charge in [0.15, 0.2) is 11.5 Å². The van der Waals surface area contributed by atoms with Crippen LogP contribution in [0.4, 0.5) is 0 Å². The van der Waals surface area contributed by atoms with Gasteiger partial charge in [-0.3, -0.25) is 4.79 Å². The largest absolute Gasteiger partial charge is 0.748 e. The Morgan fingerprint density at radius 2 is 1.70 bits per heavy atom. The zero-order valence-corrected chi connectivity index (χ0v) is 20.4. The van der Waals surface area contributed by atoms with Crippen LogP contribution in [0.3, 0.4) is 0 Å². The highest BCUT2D eigenvalue weighted by atomic mass is 35.5. The Labute approximate surface area is 199 Å². The maximum Gasteiger partial charge on any atom is 0.254 e. The Bertz CT molecular complexity index is 1080. The standard InChI is InChI=1S/C23H28ClNO7S/c1-30-19-13-16(14-20(31-2)21(19)32-3)22(26)25-11-10-23(15-25,9-4-12-33(27,28)29)17-5-7-18(24)8-6-17/h5-8,13-14H,4,9-12,15H2,1-3H3,(H,27,28,29)/p-1. The summed E-state index contributed by atoms with van der Waals surface area (Å²) in [5.74, 6) is 0.505. The number of carbonyl (C=O) groups excluding carboxylic acids is 1. The SMILES string of the molecule is COc1cc(C(=O)N2CCC(CCCS(=O)(=O)[O-])(c3ccc(Cl)cc3)C2)cc(OC)c1OC. The van der Waals surface area contributed by atoms with Crippen molar-refractivity contribution >= 4 is 27.6 Å². The third kappa shape index (κ3) is 5.72. The molecule has 0 spiro atoms. The molecule has 180 valence electrons. The number of hydrogen-bond acceptors (Lipinski definition) is 7. The van der Waals surface area contributed by atoms with Gasteiger partial charge in [-0.25, -0.2) is 8.42 Å². The molecule has 2 aromatic rings. The number of likely N-dealkylation sites (tertiary alicyclic amines) is 1.